The molecule has 1 aromatic carbocycles. The van der Waals surface area contributed by atoms with Crippen LogP contribution in [0.1, 0.15) is 51.0 Å². The predicted molar refractivity (Wildman–Crippen MR) is 89.1 cm³/mol. The summed E-state index contributed by atoms with van der Waals surface area (Å²) < 4.78 is 0. The van der Waals surface area contributed by atoms with Gasteiger partial charge in [0.15, 0.2) is 0 Å². The van der Waals surface area contributed by atoms with Crippen LogP contribution in [0.3, 0.4) is 0 Å². The first kappa shape index (κ1) is 16.2. The molecule has 0 nitrogen and oxygen atoms in total. The van der Waals surface area contributed by atoms with Crippen LogP contribution in [-0.2, 0) is 5.41 Å². The van der Waals surface area contributed by atoms with E-state index in [-0.39, 0.29) is 5.41 Å². The van der Waals surface area contributed by atoms with Gasteiger partial charge in [0.05, 0.1) is 0 Å². The van der Waals surface area contributed by atoms with E-state index in [1.807, 2.05) is 0 Å². The van der Waals surface area contributed by atoms with Crippen molar-refractivity contribution in [2.24, 2.45) is 0 Å². The number of unbranched alkanes of at least 4 members (excludes halogenated alkanes) is 4. The standard InChI is InChI=1S/C16H24Br2/c1-2-3-4-5-9-12-16(13-17,14-18)15-10-7-6-8-11-15/h6-8,10-11H,2-5,9,12-14H2,1H3. The van der Waals surface area contributed by atoms with E-state index in [0.29, 0.717) is 0 Å². The van der Waals surface area contributed by atoms with Gasteiger partial charge in [-0.05, 0) is 12.0 Å². The first-order valence-electron chi connectivity index (χ1n) is 6.96. The largest absolute Gasteiger partial charge is 0.0918 e. The van der Waals surface area contributed by atoms with Gasteiger partial charge >= 0.3 is 0 Å². The fourth-order valence-corrected chi connectivity index (χ4v) is 4.46. The van der Waals surface area contributed by atoms with Gasteiger partial charge in [0.1, 0.15) is 0 Å². The summed E-state index contributed by atoms with van der Waals surface area (Å²) in [5.74, 6) is 0. The van der Waals surface area contributed by atoms with Gasteiger partial charge in [0, 0.05) is 16.1 Å². The molecule has 0 atom stereocenters. The van der Waals surface area contributed by atoms with E-state index >= 15 is 0 Å². The van der Waals surface area contributed by atoms with Crippen molar-refractivity contribution in [1.29, 1.82) is 0 Å². The van der Waals surface area contributed by atoms with Crippen molar-refractivity contribution in [3.63, 3.8) is 0 Å². The molecule has 0 amide bonds. The average Bonchev–Trinajstić information content (AvgIpc) is 2.44. The lowest BCUT2D eigenvalue weighted by Gasteiger charge is -2.31. The molecule has 1 rings (SSSR count). The minimum Gasteiger partial charge on any atom is -0.0918 e. The molecule has 0 spiro atoms. The third kappa shape index (κ3) is 4.70. The molecular formula is C16H24Br2. The van der Waals surface area contributed by atoms with Crippen LogP contribution < -0.4 is 0 Å². The zero-order valence-corrected chi connectivity index (χ0v) is 14.5. The molecule has 0 bridgehead atoms. The quantitative estimate of drug-likeness (QED) is 0.362. The average molecular weight is 376 g/mol. The molecule has 0 aliphatic heterocycles. The number of halogens is 2. The minimum atomic E-state index is 0.257. The molecule has 0 heterocycles. The second kappa shape index (κ2) is 9.14. The highest BCUT2D eigenvalue weighted by Crippen LogP contribution is 2.34. The first-order chi connectivity index (χ1) is 8.79. The molecule has 102 valence electrons. The maximum absolute atomic E-state index is 3.72. The summed E-state index contributed by atoms with van der Waals surface area (Å²) in [4.78, 5) is 0. The molecule has 0 aliphatic rings. The SMILES string of the molecule is CCCCCCCC(CBr)(CBr)c1ccccc1. The van der Waals surface area contributed by atoms with Crippen LogP contribution in [0.5, 0.6) is 0 Å². The van der Waals surface area contributed by atoms with Gasteiger partial charge in [0.2, 0.25) is 0 Å². The second-order valence-corrected chi connectivity index (χ2v) is 6.20. The number of hydrogen-bond donors (Lipinski definition) is 0. The summed E-state index contributed by atoms with van der Waals surface area (Å²) in [7, 11) is 0. The van der Waals surface area contributed by atoms with E-state index in [2.05, 4.69) is 69.1 Å². The number of benzene rings is 1. The van der Waals surface area contributed by atoms with Crippen molar-refractivity contribution in [1.82, 2.24) is 0 Å². The van der Waals surface area contributed by atoms with Gasteiger partial charge < -0.3 is 0 Å². The Morgan fingerprint density at radius 2 is 1.50 bits per heavy atom. The molecule has 0 radical (unpaired) electrons. The van der Waals surface area contributed by atoms with E-state index < -0.39 is 0 Å². The van der Waals surface area contributed by atoms with Crippen molar-refractivity contribution >= 4 is 31.9 Å². The summed E-state index contributed by atoms with van der Waals surface area (Å²) in [6.45, 7) is 2.27. The normalized spacial score (nSPS) is 11.7. The third-order valence-corrected chi connectivity index (χ3v) is 5.80. The highest BCUT2D eigenvalue weighted by atomic mass is 79.9. The van der Waals surface area contributed by atoms with Gasteiger partial charge in [-0.1, -0.05) is 101 Å². The molecule has 0 aromatic heterocycles. The monoisotopic (exact) mass is 374 g/mol. The lowest BCUT2D eigenvalue weighted by atomic mass is 9.80. The highest BCUT2D eigenvalue weighted by molar-refractivity contribution is 9.09. The van der Waals surface area contributed by atoms with Gasteiger partial charge in [-0.25, -0.2) is 0 Å². The summed E-state index contributed by atoms with van der Waals surface area (Å²) in [6, 6.07) is 10.9. The molecule has 1 aromatic rings. The molecule has 2 heteroatoms. The highest BCUT2D eigenvalue weighted by Gasteiger charge is 2.29. The van der Waals surface area contributed by atoms with E-state index in [1.54, 1.807) is 0 Å². The Kier molecular flexibility index (Phi) is 8.25. The number of hydrogen-bond acceptors (Lipinski definition) is 0. The van der Waals surface area contributed by atoms with E-state index in [4.69, 9.17) is 0 Å². The maximum atomic E-state index is 3.72. The van der Waals surface area contributed by atoms with E-state index in [9.17, 15) is 0 Å². The number of rotatable bonds is 9. The first-order valence-corrected chi connectivity index (χ1v) is 9.21. The maximum Gasteiger partial charge on any atom is 0.0147 e. The molecule has 0 saturated carbocycles. The zero-order valence-electron chi connectivity index (χ0n) is 11.3. The van der Waals surface area contributed by atoms with Crippen molar-refractivity contribution in [2.45, 2.75) is 50.9 Å². The van der Waals surface area contributed by atoms with Crippen LogP contribution in [-0.4, -0.2) is 10.7 Å². The Bertz CT molecular complexity index is 304. The van der Waals surface area contributed by atoms with Gasteiger partial charge in [0.25, 0.3) is 0 Å². The molecule has 0 N–H and O–H groups in total. The minimum absolute atomic E-state index is 0.257. The van der Waals surface area contributed by atoms with Gasteiger partial charge in [-0.2, -0.15) is 0 Å². The van der Waals surface area contributed by atoms with E-state index in [1.165, 1.54) is 44.1 Å². The third-order valence-electron chi connectivity index (χ3n) is 3.66. The molecule has 18 heavy (non-hydrogen) atoms. The Labute approximate surface area is 129 Å². The van der Waals surface area contributed by atoms with Gasteiger partial charge in [-0.15, -0.1) is 0 Å². The van der Waals surface area contributed by atoms with Crippen LogP contribution >= 0.6 is 31.9 Å². The molecule has 0 unspecified atom stereocenters. The molecule has 0 fully saturated rings. The summed E-state index contributed by atoms with van der Waals surface area (Å²) >= 11 is 7.45. The van der Waals surface area contributed by atoms with Crippen LogP contribution in [0.15, 0.2) is 30.3 Å². The second-order valence-electron chi connectivity index (χ2n) is 5.08. The van der Waals surface area contributed by atoms with Crippen molar-refractivity contribution in [3.05, 3.63) is 35.9 Å². The molecule has 0 aliphatic carbocycles. The van der Waals surface area contributed by atoms with Crippen LogP contribution in [0.4, 0.5) is 0 Å². The Morgan fingerprint density at radius 1 is 0.889 bits per heavy atom. The van der Waals surface area contributed by atoms with Crippen LogP contribution in [0.25, 0.3) is 0 Å². The van der Waals surface area contributed by atoms with Crippen molar-refractivity contribution < 1.29 is 0 Å². The Hall–Kier alpha value is 0.180. The topological polar surface area (TPSA) is 0 Å². The Morgan fingerprint density at radius 3 is 2.06 bits per heavy atom. The fourth-order valence-electron chi connectivity index (χ4n) is 2.33. The predicted octanol–water partition coefficient (Wildman–Crippen LogP) is 6.07. The fraction of sp³-hybridized carbons (Fsp3) is 0.625. The Balaban J connectivity index is 2.58. The summed E-state index contributed by atoms with van der Waals surface area (Å²) in [5.41, 5.74) is 1.71. The number of alkyl halides is 2. The molecule has 0 saturated heterocycles. The summed E-state index contributed by atoms with van der Waals surface area (Å²) in [6.07, 6.45) is 8.03. The van der Waals surface area contributed by atoms with Crippen LogP contribution in [0.2, 0.25) is 0 Å². The van der Waals surface area contributed by atoms with Crippen LogP contribution in [0, 0.1) is 0 Å². The van der Waals surface area contributed by atoms with Gasteiger partial charge in [-0.3, -0.25) is 0 Å². The van der Waals surface area contributed by atoms with Crippen molar-refractivity contribution in [3.8, 4) is 0 Å². The van der Waals surface area contributed by atoms with E-state index in [0.717, 1.165) is 10.7 Å². The zero-order chi connectivity index (χ0) is 13.3. The lowest BCUT2D eigenvalue weighted by Crippen LogP contribution is -2.30. The smallest absolute Gasteiger partial charge is 0.0147 e. The molecular weight excluding hydrogens is 352 g/mol. The lowest BCUT2D eigenvalue weighted by molar-refractivity contribution is 0.463. The van der Waals surface area contributed by atoms with Crippen molar-refractivity contribution in [2.75, 3.05) is 10.7 Å². The summed E-state index contributed by atoms with van der Waals surface area (Å²) in [5, 5.41) is 2.06.